The predicted octanol–water partition coefficient (Wildman–Crippen LogP) is 2.85. The van der Waals surface area contributed by atoms with Gasteiger partial charge in [-0.3, -0.25) is 0 Å². The van der Waals surface area contributed by atoms with Gasteiger partial charge >= 0.3 is 0 Å². The zero-order valence-electron chi connectivity index (χ0n) is 11.0. The lowest BCUT2D eigenvalue weighted by atomic mass is 9.83. The molecule has 2 nitrogen and oxygen atoms in total. The number of hydrogen-bond donors (Lipinski definition) is 2. The van der Waals surface area contributed by atoms with Crippen LogP contribution in [0.15, 0.2) is 18.2 Å². The first-order valence-electron chi connectivity index (χ1n) is 6.32. The van der Waals surface area contributed by atoms with Crippen molar-refractivity contribution in [3.8, 4) is 0 Å². The normalized spacial score (nSPS) is 11.8. The summed E-state index contributed by atoms with van der Waals surface area (Å²) in [6, 6.07) is 3.49. The molecule has 0 amide bonds. The van der Waals surface area contributed by atoms with Crippen molar-refractivity contribution in [1.29, 1.82) is 0 Å². The Kier molecular flexibility index (Phi) is 5.69. The van der Waals surface area contributed by atoms with E-state index in [0.29, 0.717) is 18.7 Å². The number of aliphatic hydroxyl groups excluding tert-OH is 1. The summed E-state index contributed by atoms with van der Waals surface area (Å²) in [6.07, 6.45) is 1.73. The van der Waals surface area contributed by atoms with Gasteiger partial charge in [-0.1, -0.05) is 13.8 Å². The monoisotopic (exact) mass is 257 g/mol. The van der Waals surface area contributed by atoms with E-state index in [-0.39, 0.29) is 12.0 Å². The van der Waals surface area contributed by atoms with Gasteiger partial charge in [-0.05, 0) is 30.5 Å². The Hall–Kier alpha value is -1.00. The Balaban J connectivity index is 2.55. The van der Waals surface area contributed by atoms with Gasteiger partial charge in [-0.15, -0.1) is 0 Å². The molecule has 0 saturated carbocycles. The summed E-state index contributed by atoms with van der Waals surface area (Å²) in [7, 11) is 0. The molecule has 2 N–H and O–H groups in total. The smallest absolute Gasteiger partial charge is 0.126 e. The van der Waals surface area contributed by atoms with Gasteiger partial charge in [0.15, 0.2) is 0 Å². The fourth-order valence-corrected chi connectivity index (χ4v) is 1.96. The minimum Gasteiger partial charge on any atom is -0.396 e. The number of rotatable bonds is 7. The summed E-state index contributed by atoms with van der Waals surface area (Å²) in [5.41, 5.74) is 0.429. The van der Waals surface area contributed by atoms with Crippen LogP contribution in [0, 0.1) is 17.0 Å². The van der Waals surface area contributed by atoms with Crippen LogP contribution in [0.25, 0.3) is 0 Å². The highest BCUT2D eigenvalue weighted by Gasteiger charge is 2.24. The van der Waals surface area contributed by atoms with Crippen molar-refractivity contribution in [3.05, 3.63) is 35.4 Å². The molecule has 102 valence electrons. The Bertz CT molecular complexity index is 350. The third-order valence-corrected chi connectivity index (χ3v) is 3.59. The first kappa shape index (κ1) is 15.1. The van der Waals surface area contributed by atoms with Gasteiger partial charge in [0.05, 0.1) is 0 Å². The molecule has 0 heterocycles. The molecule has 1 rings (SSSR count). The standard InChI is InChI=1S/C14H21F2NO/c1-3-14(4-2,10-18)9-17-8-11-5-12(15)7-13(16)6-11/h5-7,17-18H,3-4,8-10H2,1-2H3. The topological polar surface area (TPSA) is 32.3 Å². The maximum Gasteiger partial charge on any atom is 0.126 e. The van der Waals surface area contributed by atoms with Gasteiger partial charge in [-0.2, -0.15) is 0 Å². The molecule has 0 aliphatic heterocycles. The molecule has 0 spiro atoms. The molecule has 0 aliphatic carbocycles. The van der Waals surface area contributed by atoms with Gasteiger partial charge in [0, 0.05) is 31.2 Å². The maximum absolute atomic E-state index is 13.0. The zero-order chi connectivity index (χ0) is 13.6. The first-order chi connectivity index (χ1) is 8.55. The Labute approximate surface area is 107 Å². The Morgan fingerprint density at radius 1 is 1.11 bits per heavy atom. The van der Waals surface area contributed by atoms with Crippen molar-refractivity contribution < 1.29 is 13.9 Å². The van der Waals surface area contributed by atoms with Crippen LogP contribution in [0.5, 0.6) is 0 Å². The summed E-state index contributed by atoms with van der Waals surface area (Å²) >= 11 is 0. The van der Waals surface area contributed by atoms with Gasteiger partial charge in [-0.25, -0.2) is 8.78 Å². The van der Waals surface area contributed by atoms with Crippen LogP contribution in [0.4, 0.5) is 8.78 Å². The fourth-order valence-electron chi connectivity index (χ4n) is 1.96. The van der Waals surface area contributed by atoms with Crippen LogP contribution < -0.4 is 5.32 Å². The number of hydrogen-bond acceptors (Lipinski definition) is 2. The Morgan fingerprint density at radius 2 is 1.67 bits per heavy atom. The lowest BCUT2D eigenvalue weighted by Gasteiger charge is -2.29. The zero-order valence-corrected chi connectivity index (χ0v) is 11.0. The molecular weight excluding hydrogens is 236 g/mol. The van der Waals surface area contributed by atoms with Crippen LogP contribution in [0.1, 0.15) is 32.3 Å². The molecule has 1 aromatic carbocycles. The van der Waals surface area contributed by atoms with Gasteiger partial charge < -0.3 is 10.4 Å². The van der Waals surface area contributed by atoms with Gasteiger partial charge in [0.2, 0.25) is 0 Å². The van der Waals surface area contributed by atoms with E-state index >= 15 is 0 Å². The van der Waals surface area contributed by atoms with Crippen molar-refractivity contribution in [2.75, 3.05) is 13.2 Å². The largest absolute Gasteiger partial charge is 0.396 e. The lowest BCUT2D eigenvalue weighted by Crippen LogP contribution is -2.36. The summed E-state index contributed by atoms with van der Waals surface area (Å²) in [5, 5.41) is 12.6. The third-order valence-electron chi connectivity index (χ3n) is 3.59. The van der Waals surface area contributed by atoms with E-state index in [1.165, 1.54) is 12.1 Å². The summed E-state index contributed by atoms with van der Waals surface area (Å²) < 4.78 is 26.0. The molecule has 0 atom stereocenters. The highest BCUT2D eigenvalue weighted by Crippen LogP contribution is 2.24. The minimum atomic E-state index is -0.564. The van der Waals surface area contributed by atoms with Crippen LogP contribution in [0.2, 0.25) is 0 Å². The van der Waals surface area contributed by atoms with Crippen molar-refractivity contribution in [2.45, 2.75) is 33.2 Å². The van der Waals surface area contributed by atoms with Crippen LogP contribution in [-0.4, -0.2) is 18.3 Å². The van der Waals surface area contributed by atoms with E-state index in [2.05, 4.69) is 5.32 Å². The number of nitrogens with one attached hydrogen (secondary N) is 1. The second-order valence-corrected chi connectivity index (χ2v) is 4.75. The molecular formula is C14H21F2NO. The summed E-state index contributed by atoms with van der Waals surface area (Å²) in [5.74, 6) is -1.13. The maximum atomic E-state index is 13.0. The lowest BCUT2D eigenvalue weighted by molar-refractivity contribution is 0.113. The van der Waals surface area contributed by atoms with E-state index in [4.69, 9.17) is 0 Å². The van der Waals surface area contributed by atoms with Gasteiger partial charge in [0.25, 0.3) is 0 Å². The Morgan fingerprint density at radius 3 is 2.11 bits per heavy atom. The molecule has 0 unspecified atom stereocenters. The molecule has 0 aliphatic rings. The quantitative estimate of drug-likeness (QED) is 0.787. The van der Waals surface area contributed by atoms with Crippen LogP contribution in [0.3, 0.4) is 0 Å². The average molecular weight is 257 g/mol. The minimum absolute atomic E-state index is 0.116. The summed E-state index contributed by atoms with van der Waals surface area (Å²) in [6.45, 7) is 5.21. The number of aliphatic hydroxyl groups is 1. The number of benzene rings is 1. The second-order valence-electron chi connectivity index (χ2n) is 4.75. The van der Waals surface area contributed by atoms with E-state index in [0.717, 1.165) is 18.9 Å². The predicted molar refractivity (Wildman–Crippen MR) is 68.2 cm³/mol. The molecule has 18 heavy (non-hydrogen) atoms. The number of halogens is 2. The highest BCUT2D eigenvalue weighted by atomic mass is 19.1. The molecule has 0 bridgehead atoms. The van der Waals surface area contributed by atoms with Crippen molar-refractivity contribution in [1.82, 2.24) is 5.32 Å². The third kappa shape index (κ3) is 4.03. The van der Waals surface area contributed by atoms with Gasteiger partial charge in [0.1, 0.15) is 11.6 Å². The average Bonchev–Trinajstić information content (AvgIpc) is 2.34. The van der Waals surface area contributed by atoms with E-state index in [1.54, 1.807) is 0 Å². The van der Waals surface area contributed by atoms with E-state index < -0.39 is 11.6 Å². The fraction of sp³-hybridized carbons (Fsp3) is 0.571. The van der Waals surface area contributed by atoms with Crippen LogP contribution >= 0.6 is 0 Å². The van der Waals surface area contributed by atoms with Crippen LogP contribution in [-0.2, 0) is 6.54 Å². The summed E-state index contributed by atoms with van der Waals surface area (Å²) in [4.78, 5) is 0. The van der Waals surface area contributed by atoms with Crippen molar-refractivity contribution in [2.24, 2.45) is 5.41 Å². The van der Waals surface area contributed by atoms with Crippen molar-refractivity contribution >= 4 is 0 Å². The first-order valence-corrected chi connectivity index (χ1v) is 6.32. The molecule has 0 fully saturated rings. The molecule has 0 saturated heterocycles. The van der Waals surface area contributed by atoms with E-state index in [1.807, 2.05) is 13.8 Å². The molecule has 0 radical (unpaired) electrons. The van der Waals surface area contributed by atoms with Crippen molar-refractivity contribution in [3.63, 3.8) is 0 Å². The molecule has 1 aromatic rings. The molecule has 0 aromatic heterocycles. The highest BCUT2D eigenvalue weighted by molar-refractivity contribution is 5.17. The second kappa shape index (κ2) is 6.81. The molecule has 4 heteroatoms. The SMILES string of the molecule is CCC(CC)(CO)CNCc1cc(F)cc(F)c1. The van der Waals surface area contributed by atoms with E-state index in [9.17, 15) is 13.9 Å².